The summed E-state index contributed by atoms with van der Waals surface area (Å²) in [5.74, 6) is 0.629. The number of benzene rings is 2. The fourth-order valence-corrected chi connectivity index (χ4v) is 3.53. The minimum absolute atomic E-state index is 0.344. The number of nitrogens with zero attached hydrogens (tertiary/aromatic N) is 1. The van der Waals surface area contributed by atoms with Gasteiger partial charge < -0.3 is 14.2 Å². The van der Waals surface area contributed by atoms with Crippen molar-refractivity contribution in [1.29, 1.82) is 0 Å². The van der Waals surface area contributed by atoms with Gasteiger partial charge in [-0.3, -0.25) is 10.1 Å². The van der Waals surface area contributed by atoms with Gasteiger partial charge in [-0.15, -0.1) is 0 Å². The first-order chi connectivity index (χ1) is 13.5. The van der Waals surface area contributed by atoms with Gasteiger partial charge in [0, 0.05) is 5.56 Å². The third-order valence-corrected chi connectivity index (χ3v) is 4.68. The summed E-state index contributed by atoms with van der Waals surface area (Å²) < 4.78 is 30.9. The third kappa shape index (κ3) is 4.33. The summed E-state index contributed by atoms with van der Waals surface area (Å²) in [7, 11) is 0. The number of amides is 1. The third-order valence-electron chi connectivity index (χ3n) is 3.74. The largest absolute Gasteiger partial charge is 0.490 e. The van der Waals surface area contributed by atoms with Gasteiger partial charge in [-0.05, 0) is 51.1 Å². The van der Waals surface area contributed by atoms with Crippen molar-refractivity contribution in [1.82, 2.24) is 4.98 Å². The van der Waals surface area contributed by atoms with Crippen molar-refractivity contribution in [2.24, 2.45) is 0 Å². The zero-order valence-corrected chi connectivity index (χ0v) is 16.7. The topological polar surface area (TPSA) is 69.7 Å². The molecule has 1 heterocycles. The van der Waals surface area contributed by atoms with E-state index in [9.17, 15) is 9.18 Å². The van der Waals surface area contributed by atoms with Crippen LogP contribution >= 0.6 is 11.3 Å². The molecular formula is C20H21FN2O4S. The summed E-state index contributed by atoms with van der Waals surface area (Å²) in [6.45, 7) is 6.84. The number of rotatable bonds is 8. The fourth-order valence-electron chi connectivity index (χ4n) is 2.64. The molecule has 2 aromatic carbocycles. The average molecular weight is 404 g/mol. The predicted molar refractivity (Wildman–Crippen MR) is 107 cm³/mol. The van der Waals surface area contributed by atoms with Crippen LogP contribution in [0.3, 0.4) is 0 Å². The molecule has 6 nitrogen and oxygen atoms in total. The molecule has 1 amide bonds. The molecule has 1 N–H and O–H groups in total. The van der Waals surface area contributed by atoms with Crippen LogP contribution in [0.15, 0.2) is 30.3 Å². The molecule has 0 aliphatic rings. The molecule has 0 saturated heterocycles. The second-order valence-electron chi connectivity index (χ2n) is 5.69. The highest BCUT2D eigenvalue weighted by molar-refractivity contribution is 7.22. The molecule has 0 spiro atoms. The second kappa shape index (κ2) is 8.88. The van der Waals surface area contributed by atoms with Crippen LogP contribution in [0.4, 0.5) is 9.52 Å². The van der Waals surface area contributed by atoms with E-state index in [1.54, 1.807) is 18.2 Å². The summed E-state index contributed by atoms with van der Waals surface area (Å²) in [5, 5.41) is 3.14. The van der Waals surface area contributed by atoms with Gasteiger partial charge in [-0.2, -0.15) is 0 Å². The van der Waals surface area contributed by atoms with Crippen LogP contribution in [0.5, 0.6) is 17.2 Å². The van der Waals surface area contributed by atoms with E-state index in [1.165, 1.54) is 23.5 Å². The maximum atomic E-state index is 13.4. The highest BCUT2D eigenvalue weighted by Gasteiger charge is 2.19. The van der Waals surface area contributed by atoms with Crippen LogP contribution in [0, 0.1) is 5.82 Å². The first-order valence-electron chi connectivity index (χ1n) is 8.99. The van der Waals surface area contributed by atoms with Gasteiger partial charge in [0.2, 0.25) is 5.75 Å². The van der Waals surface area contributed by atoms with Crippen LogP contribution in [-0.2, 0) is 0 Å². The van der Waals surface area contributed by atoms with E-state index >= 15 is 0 Å². The smallest absolute Gasteiger partial charge is 0.257 e. The van der Waals surface area contributed by atoms with Crippen LogP contribution in [-0.4, -0.2) is 30.7 Å². The number of aromatic nitrogens is 1. The van der Waals surface area contributed by atoms with Gasteiger partial charge in [0.1, 0.15) is 5.82 Å². The molecule has 0 saturated carbocycles. The number of carbonyl (C=O) groups excluding carboxylic acids is 1. The maximum Gasteiger partial charge on any atom is 0.257 e. The Balaban J connectivity index is 1.92. The summed E-state index contributed by atoms with van der Waals surface area (Å²) in [6.07, 6.45) is 0. The van der Waals surface area contributed by atoms with Crippen molar-refractivity contribution in [2.75, 3.05) is 25.1 Å². The standard InChI is InChI=1S/C20H21FN2O4S/c1-4-25-15-9-12(10-16(26-5-2)18(15)27-6-3)19(24)23-20-22-14-8-7-13(21)11-17(14)28-20/h7-11H,4-6H2,1-3H3,(H,22,23,24). The number of ether oxygens (including phenoxy) is 3. The number of halogens is 1. The van der Waals surface area contributed by atoms with Crippen molar-refractivity contribution in [3.8, 4) is 17.2 Å². The molecule has 1 aromatic heterocycles. The Bertz CT molecular complexity index is 962. The van der Waals surface area contributed by atoms with E-state index in [1.807, 2.05) is 20.8 Å². The van der Waals surface area contributed by atoms with E-state index in [4.69, 9.17) is 14.2 Å². The quantitative estimate of drug-likeness (QED) is 0.579. The average Bonchev–Trinajstić information content (AvgIpc) is 3.05. The molecule has 0 radical (unpaired) electrons. The van der Waals surface area contributed by atoms with Crippen LogP contribution in [0.25, 0.3) is 10.2 Å². The van der Waals surface area contributed by atoms with Crippen molar-refractivity contribution < 1.29 is 23.4 Å². The highest BCUT2D eigenvalue weighted by Crippen LogP contribution is 2.39. The molecule has 0 fully saturated rings. The van der Waals surface area contributed by atoms with Gasteiger partial charge in [0.15, 0.2) is 16.6 Å². The highest BCUT2D eigenvalue weighted by atomic mass is 32.1. The number of hydrogen-bond acceptors (Lipinski definition) is 6. The van der Waals surface area contributed by atoms with Gasteiger partial charge >= 0.3 is 0 Å². The Labute approximate surface area is 166 Å². The molecule has 148 valence electrons. The van der Waals surface area contributed by atoms with Crippen molar-refractivity contribution in [3.63, 3.8) is 0 Å². The molecule has 3 aromatic rings. The van der Waals surface area contributed by atoms with Gasteiger partial charge in [-0.1, -0.05) is 11.3 Å². The Morgan fingerprint density at radius 3 is 2.29 bits per heavy atom. The molecule has 0 unspecified atom stereocenters. The van der Waals surface area contributed by atoms with E-state index < -0.39 is 0 Å². The molecule has 0 atom stereocenters. The Morgan fingerprint density at radius 1 is 1.04 bits per heavy atom. The molecule has 0 aliphatic heterocycles. The second-order valence-corrected chi connectivity index (χ2v) is 6.72. The number of anilines is 1. The first kappa shape index (κ1) is 19.9. The molecule has 0 aliphatic carbocycles. The minimum atomic E-state index is -0.371. The van der Waals surface area contributed by atoms with Crippen LogP contribution < -0.4 is 19.5 Å². The summed E-state index contributed by atoms with van der Waals surface area (Å²) in [5.41, 5.74) is 0.971. The zero-order valence-electron chi connectivity index (χ0n) is 15.9. The Kier molecular flexibility index (Phi) is 6.30. The maximum absolute atomic E-state index is 13.4. The number of nitrogens with one attached hydrogen (secondary N) is 1. The lowest BCUT2D eigenvalue weighted by atomic mass is 10.1. The Morgan fingerprint density at radius 2 is 1.68 bits per heavy atom. The first-order valence-corrected chi connectivity index (χ1v) is 9.81. The molecule has 28 heavy (non-hydrogen) atoms. The summed E-state index contributed by atoms with van der Waals surface area (Å²) in [6, 6.07) is 7.52. The van der Waals surface area contributed by atoms with E-state index in [-0.39, 0.29) is 11.7 Å². The SMILES string of the molecule is CCOc1cc(C(=O)Nc2nc3ccc(F)cc3s2)cc(OCC)c1OCC. The molecule has 8 heteroatoms. The van der Waals surface area contributed by atoms with Gasteiger partial charge in [0.05, 0.1) is 30.0 Å². The van der Waals surface area contributed by atoms with Crippen molar-refractivity contribution >= 4 is 32.6 Å². The van der Waals surface area contributed by atoms with Crippen LogP contribution in [0.2, 0.25) is 0 Å². The van der Waals surface area contributed by atoms with E-state index in [0.29, 0.717) is 58.0 Å². The van der Waals surface area contributed by atoms with Crippen molar-refractivity contribution in [3.05, 3.63) is 41.7 Å². The zero-order chi connectivity index (χ0) is 20.1. The molecular weight excluding hydrogens is 383 g/mol. The summed E-state index contributed by atoms with van der Waals surface area (Å²) in [4.78, 5) is 17.1. The predicted octanol–water partition coefficient (Wildman–Crippen LogP) is 4.88. The molecule has 0 bridgehead atoms. The van der Waals surface area contributed by atoms with E-state index in [2.05, 4.69) is 10.3 Å². The number of fused-ring (bicyclic) bond motifs is 1. The normalized spacial score (nSPS) is 10.7. The fraction of sp³-hybridized carbons (Fsp3) is 0.300. The number of carbonyl (C=O) groups is 1. The lowest BCUT2D eigenvalue weighted by Gasteiger charge is -2.16. The van der Waals surface area contributed by atoms with Gasteiger partial charge in [0.25, 0.3) is 5.91 Å². The number of thiazole rings is 1. The van der Waals surface area contributed by atoms with Gasteiger partial charge in [-0.25, -0.2) is 9.37 Å². The number of hydrogen-bond donors (Lipinski definition) is 1. The lowest BCUT2D eigenvalue weighted by Crippen LogP contribution is -2.13. The van der Waals surface area contributed by atoms with Crippen molar-refractivity contribution in [2.45, 2.75) is 20.8 Å². The van der Waals surface area contributed by atoms with E-state index in [0.717, 1.165) is 0 Å². The lowest BCUT2D eigenvalue weighted by molar-refractivity contribution is 0.102. The van der Waals surface area contributed by atoms with Crippen LogP contribution in [0.1, 0.15) is 31.1 Å². The molecule has 3 rings (SSSR count). The summed E-state index contributed by atoms with van der Waals surface area (Å²) >= 11 is 1.20. The monoisotopic (exact) mass is 404 g/mol. The Hall–Kier alpha value is -2.87. The minimum Gasteiger partial charge on any atom is -0.490 e.